The van der Waals surface area contributed by atoms with E-state index < -0.39 is 11.8 Å². The quantitative estimate of drug-likeness (QED) is 0.629. The molecule has 0 aromatic heterocycles. The first kappa shape index (κ1) is 12.6. The van der Waals surface area contributed by atoms with E-state index in [0.29, 0.717) is 16.1 Å². The van der Waals surface area contributed by atoms with Gasteiger partial charge in [-0.2, -0.15) is 10.1 Å². The Labute approximate surface area is 120 Å². The molecule has 0 bridgehead atoms. The van der Waals surface area contributed by atoms with Gasteiger partial charge in [0.25, 0.3) is 11.8 Å². The predicted octanol–water partition coefficient (Wildman–Crippen LogP) is 2.97. The highest BCUT2D eigenvalue weighted by atomic mass is 35.5. The fourth-order valence-electron chi connectivity index (χ4n) is 1.95. The minimum absolute atomic E-state index is 0.380. The van der Waals surface area contributed by atoms with Gasteiger partial charge in [0.05, 0.1) is 17.3 Å². The van der Waals surface area contributed by atoms with Crippen molar-refractivity contribution in [3.05, 3.63) is 70.2 Å². The second kappa shape index (κ2) is 4.90. The summed E-state index contributed by atoms with van der Waals surface area (Å²) < 4.78 is 0. The van der Waals surface area contributed by atoms with Crippen molar-refractivity contribution < 1.29 is 9.59 Å². The minimum atomic E-state index is -0.407. The van der Waals surface area contributed by atoms with Gasteiger partial charge >= 0.3 is 0 Å². The predicted molar refractivity (Wildman–Crippen MR) is 76.0 cm³/mol. The molecule has 0 atom stereocenters. The van der Waals surface area contributed by atoms with Crippen molar-refractivity contribution in [2.75, 3.05) is 0 Å². The normalized spacial score (nSPS) is 14.2. The van der Waals surface area contributed by atoms with Crippen molar-refractivity contribution in [2.45, 2.75) is 0 Å². The van der Waals surface area contributed by atoms with E-state index in [0.717, 1.165) is 10.6 Å². The van der Waals surface area contributed by atoms with E-state index in [1.54, 1.807) is 48.5 Å². The van der Waals surface area contributed by atoms with Gasteiger partial charge in [0.2, 0.25) is 0 Å². The Hall–Kier alpha value is -2.46. The molecule has 0 fully saturated rings. The fraction of sp³-hybridized carbons (Fsp3) is 0. The van der Waals surface area contributed by atoms with Crippen LogP contribution in [0.4, 0.5) is 0 Å². The van der Waals surface area contributed by atoms with E-state index in [1.807, 2.05) is 0 Å². The molecular weight excluding hydrogens is 276 g/mol. The Balaban J connectivity index is 1.88. The van der Waals surface area contributed by atoms with E-state index in [4.69, 9.17) is 11.6 Å². The molecule has 0 saturated heterocycles. The Morgan fingerprint density at radius 2 is 1.45 bits per heavy atom. The first-order valence-electron chi connectivity index (χ1n) is 5.94. The summed E-state index contributed by atoms with van der Waals surface area (Å²) in [6.07, 6.45) is 1.46. The number of carbonyl (C=O) groups excluding carboxylic acids is 2. The SMILES string of the molecule is O=C1c2ccccc2C(=O)N1/N=C\c1ccc(Cl)cc1. The summed E-state index contributed by atoms with van der Waals surface area (Å²) in [6.45, 7) is 0. The van der Waals surface area contributed by atoms with E-state index >= 15 is 0 Å². The lowest BCUT2D eigenvalue weighted by atomic mass is 10.1. The minimum Gasteiger partial charge on any atom is -0.267 e. The maximum Gasteiger partial charge on any atom is 0.282 e. The smallest absolute Gasteiger partial charge is 0.267 e. The average Bonchev–Trinajstić information content (AvgIpc) is 2.71. The summed E-state index contributed by atoms with van der Waals surface area (Å²) >= 11 is 5.78. The van der Waals surface area contributed by atoms with Crippen LogP contribution in [0.3, 0.4) is 0 Å². The Morgan fingerprint density at radius 3 is 2.00 bits per heavy atom. The van der Waals surface area contributed by atoms with Crippen molar-refractivity contribution in [3.63, 3.8) is 0 Å². The maximum absolute atomic E-state index is 12.1. The molecule has 4 nitrogen and oxygen atoms in total. The van der Waals surface area contributed by atoms with Crippen LogP contribution in [0.25, 0.3) is 0 Å². The van der Waals surface area contributed by atoms with Crippen molar-refractivity contribution in [2.24, 2.45) is 5.10 Å². The third-order valence-electron chi connectivity index (χ3n) is 2.96. The topological polar surface area (TPSA) is 49.7 Å². The molecule has 2 amide bonds. The zero-order valence-corrected chi connectivity index (χ0v) is 11.0. The summed E-state index contributed by atoms with van der Waals surface area (Å²) in [5, 5.41) is 5.45. The van der Waals surface area contributed by atoms with Crippen LogP contribution in [0, 0.1) is 0 Å². The number of nitrogens with zero attached hydrogens (tertiary/aromatic N) is 2. The van der Waals surface area contributed by atoms with E-state index in [-0.39, 0.29) is 0 Å². The number of benzene rings is 2. The summed E-state index contributed by atoms with van der Waals surface area (Å²) in [6, 6.07) is 13.6. The molecule has 0 saturated carbocycles. The number of imide groups is 1. The number of hydrazone groups is 1. The highest BCUT2D eigenvalue weighted by Crippen LogP contribution is 2.22. The van der Waals surface area contributed by atoms with Gasteiger partial charge in [0.15, 0.2) is 0 Å². The van der Waals surface area contributed by atoms with Crippen LogP contribution >= 0.6 is 11.6 Å². The summed E-state index contributed by atoms with van der Waals surface area (Å²) in [5.41, 5.74) is 1.52. The van der Waals surface area contributed by atoms with Gasteiger partial charge in [-0.25, -0.2) is 0 Å². The summed E-state index contributed by atoms with van der Waals surface area (Å²) in [4.78, 5) is 24.1. The van der Waals surface area contributed by atoms with Crippen LogP contribution < -0.4 is 0 Å². The molecule has 2 aromatic rings. The molecule has 1 aliphatic rings. The van der Waals surface area contributed by atoms with Gasteiger partial charge in [-0.05, 0) is 29.8 Å². The highest BCUT2D eigenvalue weighted by Gasteiger charge is 2.35. The molecule has 98 valence electrons. The van der Waals surface area contributed by atoms with Gasteiger partial charge in [-0.15, -0.1) is 0 Å². The number of hydrogen-bond donors (Lipinski definition) is 0. The number of rotatable bonds is 2. The van der Waals surface area contributed by atoms with Gasteiger partial charge in [0, 0.05) is 5.02 Å². The van der Waals surface area contributed by atoms with Gasteiger partial charge in [-0.1, -0.05) is 35.9 Å². The average molecular weight is 285 g/mol. The van der Waals surface area contributed by atoms with E-state index in [2.05, 4.69) is 5.10 Å². The molecule has 3 rings (SSSR count). The van der Waals surface area contributed by atoms with E-state index in [9.17, 15) is 9.59 Å². The first-order valence-corrected chi connectivity index (χ1v) is 6.32. The highest BCUT2D eigenvalue weighted by molar-refractivity contribution is 6.30. The Bertz CT molecular complexity index is 688. The molecule has 1 aliphatic heterocycles. The Morgan fingerprint density at radius 1 is 0.900 bits per heavy atom. The number of fused-ring (bicyclic) bond motifs is 1. The summed E-state index contributed by atoms with van der Waals surface area (Å²) in [7, 11) is 0. The van der Waals surface area contributed by atoms with Crippen LogP contribution in [-0.4, -0.2) is 23.0 Å². The number of carbonyl (C=O) groups is 2. The monoisotopic (exact) mass is 284 g/mol. The molecular formula is C15H9ClN2O2. The van der Waals surface area contributed by atoms with Gasteiger partial charge < -0.3 is 0 Å². The fourth-order valence-corrected chi connectivity index (χ4v) is 2.08. The second-order valence-corrected chi connectivity index (χ2v) is 4.70. The molecule has 0 N–H and O–H groups in total. The van der Waals surface area contributed by atoms with Crippen molar-refractivity contribution in [3.8, 4) is 0 Å². The largest absolute Gasteiger partial charge is 0.282 e. The van der Waals surface area contributed by atoms with Crippen LogP contribution in [0.1, 0.15) is 26.3 Å². The number of hydrogen-bond acceptors (Lipinski definition) is 3. The molecule has 5 heteroatoms. The van der Waals surface area contributed by atoms with E-state index in [1.165, 1.54) is 6.21 Å². The van der Waals surface area contributed by atoms with Gasteiger partial charge in [0.1, 0.15) is 0 Å². The maximum atomic E-state index is 12.1. The lowest BCUT2D eigenvalue weighted by Gasteiger charge is -2.05. The number of halogens is 1. The number of amides is 2. The lowest BCUT2D eigenvalue weighted by Crippen LogP contribution is -2.23. The van der Waals surface area contributed by atoms with Crippen molar-refractivity contribution >= 4 is 29.6 Å². The molecule has 0 spiro atoms. The van der Waals surface area contributed by atoms with Crippen molar-refractivity contribution in [1.29, 1.82) is 0 Å². The third-order valence-corrected chi connectivity index (χ3v) is 3.22. The first-order chi connectivity index (χ1) is 9.66. The second-order valence-electron chi connectivity index (χ2n) is 4.26. The lowest BCUT2D eigenvalue weighted by molar-refractivity contribution is 0.0660. The van der Waals surface area contributed by atoms with Crippen LogP contribution in [0.5, 0.6) is 0 Å². The van der Waals surface area contributed by atoms with Crippen LogP contribution in [0.15, 0.2) is 53.6 Å². The van der Waals surface area contributed by atoms with Crippen LogP contribution in [0.2, 0.25) is 5.02 Å². The van der Waals surface area contributed by atoms with Crippen molar-refractivity contribution in [1.82, 2.24) is 5.01 Å². The molecule has 0 radical (unpaired) electrons. The molecule has 20 heavy (non-hydrogen) atoms. The Kier molecular flexibility index (Phi) is 3.08. The van der Waals surface area contributed by atoms with Crippen LogP contribution in [-0.2, 0) is 0 Å². The molecule has 2 aromatic carbocycles. The summed E-state index contributed by atoms with van der Waals surface area (Å²) in [5.74, 6) is -0.813. The molecule has 1 heterocycles. The van der Waals surface area contributed by atoms with Gasteiger partial charge in [-0.3, -0.25) is 9.59 Å². The zero-order chi connectivity index (χ0) is 14.1. The third kappa shape index (κ3) is 2.10. The molecule has 0 aliphatic carbocycles. The standard InChI is InChI=1S/C15H9ClN2O2/c16-11-7-5-10(6-8-11)9-17-18-14(19)12-3-1-2-4-13(12)15(18)20/h1-9H/b17-9-. The molecule has 0 unspecified atom stereocenters. The zero-order valence-electron chi connectivity index (χ0n) is 10.3.